The van der Waals surface area contributed by atoms with Gasteiger partial charge in [0, 0.05) is 34.8 Å². The molecule has 5 nitrogen and oxygen atoms in total. The third kappa shape index (κ3) is 4.13. The Morgan fingerprint density at radius 3 is 2.50 bits per heavy atom. The summed E-state index contributed by atoms with van der Waals surface area (Å²) in [5, 5.41) is 0.684. The molecule has 0 aliphatic rings. The molecule has 0 unspecified atom stereocenters. The van der Waals surface area contributed by atoms with Crippen LogP contribution in [-0.4, -0.2) is 43.3 Å². The summed E-state index contributed by atoms with van der Waals surface area (Å²) in [5.41, 5.74) is 1.48. The molecule has 0 bridgehead atoms. The van der Waals surface area contributed by atoms with Gasteiger partial charge in [-0.25, -0.2) is 9.97 Å². The van der Waals surface area contributed by atoms with Crippen LogP contribution in [0.2, 0.25) is 36.0 Å². The van der Waals surface area contributed by atoms with Gasteiger partial charge in [0.2, 0.25) is 5.95 Å². The summed E-state index contributed by atoms with van der Waals surface area (Å²) in [6.07, 6.45) is 0. The Kier molecular flexibility index (Phi) is 5.37. The molecule has 0 aliphatic heterocycles. The Labute approximate surface area is 142 Å². The van der Waals surface area contributed by atoms with E-state index in [1.165, 1.54) is 0 Å². The van der Waals surface area contributed by atoms with Crippen LogP contribution in [0.3, 0.4) is 0 Å². The van der Waals surface area contributed by atoms with E-state index in [-0.39, 0.29) is 0 Å². The molecule has 0 aliphatic carbocycles. The molecule has 2 heterocycles. The Morgan fingerprint density at radius 2 is 1.91 bits per heavy atom. The summed E-state index contributed by atoms with van der Waals surface area (Å²) in [5.74, 6) is 0.772. The van der Waals surface area contributed by atoms with Gasteiger partial charge in [0.25, 0.3) is 0 Å². The molecule has 0 atom stereocenters. The minimum atomic E-state index is -1.10. The summed E-state index contributed by atoms with van der Waals surface area (Å²) in [4.78, 5) is 10.6. The molecular weight excluding hydrogens is 339 g/mol. The van der Waals surface area contributed by atoms with Gasteiger partial charge in [-0.05, 0) is 6.04 Å². The average Bonchev–Trinajstić information content (AvgIpc) is 2.72. The Morgan fingerprint density at radius 1 is 1.23 bits per heavy atom. The summed E-state index contributed by atoms with van der Waals surface area (Å²) in [6.45, 7) is 8.13. The molecule has 0 fully saturated rings. The van der Waals surface area contributed by atoms with Crippen LogP contribution in [0.5, 0.6) is 0 Å². The van der Waals surface area contributed by atoms with Crippen molar-refractivity contribution in [3.05, 3.63) is 16.4 Å². The number of aromatic nitrogens is 3. The Balaban J connectivity index is 2.28. The summed E-state index contributed by atoms with van der Waals surface area (Å²) < 4.78 is 7.79. The largest absolute Gasteiger partial charge is 0.361 e. The third-order valence-corrected chi connectivity index (χ3v) is 5.41. The molecule has 0 radical (unpaired) electrons. The highest BCUT2D eigenvalue weighted by atomic mass is 35.5. The first kappa shape index (κ1) is 17.5. The van der Waals surface area contributed by atoms with E-state index in [9.17, 15) is 0 Å². The quantitative estimate of drug-likeness (QED) is 0.441. The van der Waals surface area contributed by atoms with Gasteiger partial charge in [-0.2, -0.15) is 0 Å². The molecule has 0 amide bonds. The van der Waals surface area contributed by atoms with Crippen LogP contribution in [0, 0.1) is 0 Å². The van der Waals surface area contributed by atoms with Crippen molar-refractivity contribution in [2.75, 3.05) is 25.6 Å². The molecular formula is C14H22Cl2N4OSi. The minimum absolute atomic E-state index is 0.340. The zero-order chi connectivity index (χ0) is 16.5. The molecule has 0 N–H and O–H groups in total. The van der Waals surface area contributed by atoms with E-state index in [1.54, 1.807) is 6.07 Å². The number of hydrogen-bond acceptors (Lipinski definition) is 4. The maximum atomic E-state index is 6.25. The number of imidazole rings is 1. The van der Waals surface area contributed by atoms with Crippen LogP contribution in [0.1, 0.15) is 0 Å². The summed E-state index contributed by atoms with van der Waals surface area (Å²) in [6, 6.07) is 2.84. The second-order valence-corrected chi connectivity index (χ2v) is 13.1. The van der Waals surface area contributed by atoms with Crippen molar-refractivity contribution in [3.8, 4) is 0 Å². The average molecular weight is 361 g/mol. The first-order chi connectivity index (χ1) is 10.2. The van der Waals surface area contributed by atoms with Crippen molar-refractivity contribution in [1.82, 2.24) is 14.5 Å². The predicted molar refractivity (Wildman–Crippen MR) is 96.0 cm³/mol. The molecule has 2 aromatic rings. The molecule has 0 saturated heterocycles. The zero-order valence-corrected chi connectivity index (χ0v) is 16.2. The number of pyridine rings is 1. The van der Waals surface area contributed by atoms with Gasteiger partial charge in [-0.1, -0.05) is 42.8 Å². The van der Waals surface area contributed by atoms with Crippen molar-refractivity contribution in [2.24, 2.45) is 0 Å². The molecule has 122 valence electrons. The molecule has 0 spiro atoms. The van der Waals surface area contributed by atoms with Gasteiger partial charge in [0.05, 0.1) is 5.52 Å². The molecule has 2 aromatic heterocycles. The van der Waals surface area contributed by atoms with Gasteiger partial charge in [0.15, 0.2) is 5.15 Å². The number of hydrogen-bond donors (Lipinski definition) is 0. The maximum absolute atomic E-state index is 6.25. The van der Waals surface area contributed by atoms with Crippen molar-refractivity contribution < 1.29 is 4.74 Å². The topological polar surface area (TPSA) is 43.2 Å². The molecule has 8 heteroatoms. The lowest BCUT2D eigenvalue weighted by atomic mass is 10.4. The fourth-order valence-electron chi connectivity index (χ4n) is 2.07. The van der Waals surface area contributed by atoms with Crippen LogP contribution < -0.4 is 4.90 Å². The number of halogens is 2. The Hall–Kier alpha value is -0.823. The van der Waals surface area contributed by atoms with Crippen molar-refractivity contribution in [2.45, 2.75) is 32.4 Å². The van der Waals surface area contributed by atoms with Crippen LogP contribution >= 0.6 is 23.2 Å². The van der Waals surface area contributed by atoms with Gasteiger partial charge >= 0.3 is 0 Å². The lowest BCUT2D eigenvalue weighted by Gasteiger charge is -2.18. The highest BCUT2D eigenvalue weighted by Gasteiger charge is 2.18. The van der Waals surface area contributed by atoms with Crippen molar-refractivity contribution in [1.29, 1.82) is 0 Å². The van der Waals surface area contributed by atoms with E-state index in [0.29, 0.717) is 17.0 Å². The fourth-order valence-corrected chi connectivity index (χ4v) is 3.34. The lowest BCUT2D eigenvalue weighted by Crippen LogP contribution is -2.22. The molecule has 0 saturated carbocycles. The van der Waals surface area contributed by atoms with Crippen LogP contribution in [0.15, 0.2) is 6.07 Å². The zero-order valence-electron chi connectivity index (χ0n) is 13.7. The number of anilines is 1. The fraction of sp³-hybridized carbons (Fsp3) is 0.571. The monoisotopic (exact) mass is 360 g/mol. The number of nitrogens with zero attached hydrogens (tertiary/aromatic N) is 4. The van der Waals surface area contributed by atoms with E-state index in [4.69, 9.17) is 27.9 Å². The van der Waals surface area contributed by atoms with E-state index in [0.717, 1.165) is 29.6 Å². The molecule has 2 rings (SSSR count). The number of fused-ring (bicyclic) bond motifs is 1. The van der Waals surface area contributed by atoms with E-state index in [2.05, 4.69) is 29.6 Å². The van der Waals surface area contributed by atoms with E-state index in [1.807, 2.05) is 23.6 Å². The minimum Gasteiger partial charge on any atom is -0.361 e. The lowest BCUT2D eigenvalue weighted by molar-refractivity contribution is 0.0907. The second kappa shape index (κ2) is 6.74. The van der Waals surface area contributed by atoms with E-state index >= 15 is 0 Å². The maximum Gasteiger partial charge on any atom is 0.208 e. The van der Waals surface area contributed by atoms with Crippen LogP contribution in [-0.2, 0) is 11.5 Å². The van der Waals surface area contributed by atoms with Crippen molar-refractivity contribution >= 4 is 48.3 Å². The summed E-state index contributed by atoms with van der Waals surface area (Å²) >= 11 is 12.2. The van der Waals surface area contributed by atoms with Crippen LogP contribution in [0.25, 0.3) is 11.0 Å². The van der Waals surface area contributed by atoms with Gasteiger partial charge in [-0.15, -0.1) is 0 Å². The van der Waals surface area contributed by atoms with Crippen LogP contribution in [0.4, 0.5) is 5.95 Å². The summed E-state index contributed by atoms with van der Waals surface area (Å²) in [7, 11) is 2.76. The first-order valence-electron chi connectivity index (χ1n) is 7.16. The standard InChI is InChI=1S/C14H22Cl2N4OSi/c1-19(2)14-17-10-8-11(15)18-13(16)12(10)20(14)9-21-6-7-22(3,4)5/h8H,6-7,9H2,1-5H3. The molecule has 0 aromatic carbocycles. The second-order valence-electron chi connectivity index (χ2n) is 6.69. The Bertz CT molecular complexity index is 667. The normalized spacial score (nSPS) is 12.1. The molecule has 22 heavy (non-hydrogen) atoms. The highest BCUT2D eigenvalue weighted by Crippen LogP contribution is 2.29. The number of rotatable bonds is 6. The predicted octanol–water partition coefficient (Wildman–Crippen LogP) is 4.12. The SMILES string of the molecule is CN(C)c1nc2cc(Cl)nc(Cl)c2n1COCC[Si](C)(C)C. The first-order valence-corrected chi connectivity index (χ1v) is 11.6. The highest BCUT2D eigenvalue weighted by molar-refractivity contribution is 6.76. The smallest absolute Gasteiger partial charge is 0.208 e. The van der Waals surface area contributed by atoms with Crippen molar-refractivity contribution in [3.63, 3.8) is 0 Å². The van der Waals surface area contributed by atoms with Gasteiger partial charge < -0.3 is 9.64 Å². The van der Waals surface area contributed by atoms with E-state index < -0.39 is 8.07 Å². The van der Waals surface area contributed by atoms with Gasteiger partial charge in [-0.3, -0.25) is 4.57 Å². The third-order valence-electron chi connectivity index (χ3n) is 3.25. The van der Waals surface area contributed by atoms with Gasteiger partial charge in [0.1, 0.15) is 17.4 Å². The number of ether oxygens (including phenoxy) is 1.